The van der Waals surface area contributed by atoms with Gasteiger partial charge >= 0.3 is 5.97 Å². The van der Waals surface area contributed by atoms with Gasteiger partial charge in [0.25, 0.3) is 0 Å². The Morgan fingerprint density at radius 1 is 1.14 bits per heavy atom. The summed E-state index contributed by atoms with van der Waals surface area (Å²) in [5.41, 5.74) is 1.31. The molecule has 0 amide bonds. The third-order valence-corrected chi connectivity index (χ3v) is 3.12. The number of hydrogen-bond donors (Lipinski definition) is 1. The third-order valence-electron chi connectivity index (χ3n) is 3.12. The first-order valence-corrected chi connectivity index (χ1v) is 6.61. The summed E-state index contributed by atoms with van der Waals surface area (Å²) in [6.45, 7) is -0.392. The van der Waals surface area contributed by atoms with Crippen molar-refractivity contribution in [3.63, 3.8) is 0 Å². The number of rotatable bonds is 4. The minimum atomic E-state index is -1.03. The Hall–Kier alpha value is -3.08. The van der Waals surface area contributed by atoms with Crippen molar-refractivity contribution in [1.82, 2.24) is 0 Å². The normalized spacial score (nSPS) is 14.5. The molecule has 2 aromatic rings. The highest BCUT2D eigenvalue weighted by Crippen LogP contribution is 2.31. The lowest BCUT2D eigenvalue weighted by atomic mass is 10.1. The Bertz CT molecular complexity index is 759. The Labute approximate surface area is 126 Å². The van der Waals surface area contributed by atoms with Gasteiger partial charge in [-0.3, -0.25) is 4.79 Å². The monoisotopic (exact) mass is 296 g/mol. The van der Waals surface area contributed by atoms with E-state index in [1.807, 2.05) is 6.07 Å². The molecule has 2 aromatic carbocycles. The fraction of sp³-hybridized carbons (Fsp3) is 0.0588. The molecule has 0 unspecified atom stereocenters. The van der Waals surface area contributed by atoms with Crippen LogP contribution in [-0.4, -0.2) is 23.5 Å². The molecule has 0 bridgehead atoms. The number of benzene rings is 2. The minimum Gasteiger partial charge on any atom is -0.482 e. The fourth-order valence-corrected chi connectivity index (χ4v) is 2.09. The summed E-state index contributed by atoms with van der Waals surface area (Å²) in [7, 11) is 0. The molecule has 22 heavy (non-hydrogen) atoms. The number of ketones is 1. The Balaban J connectivity index is 1.76. The molecule has 1 aliphatic rings. The predicted molar refractivity (Wildman–Crippen MR) is 79.0 cm³/mol. The van der Waals surface area contributed by atoms with Crippen LogP contribution in [0.1, 0.15) is 15.9 Å². The zero-order valence-electron chi connectivity index (χ0n) is 11.5. The maximum absolute atomic E-state index is 12.2. The molecule has 110 valence electrons. The molecule has 1 heterocycles. The SMILES string of the molecule is O=C(O)COc1ccc(/C=C2/Oc3ccccc3C2=O)cc1. The van der Waals surface area contributed by atoms with E-state index in [4.69, 9.17) is 14.6 Å². The van der Waals surface area contributed by atoms with Crippen molar-refractivity contribution in [2.24, 2.45) is 0 Å². The highest BCUT2D eigenvalue weighted by molar-refractivity contribution is 6.14. The molecule has 1 N–H and O–H groups in total. The molecule has 5 nitrogen and oxygen atoms in total. The molecule has 0 saturated heterocycles. The molecule has 0 aliphatic carbocycles. The average Bonchev–Trinajstić information content (AvgIpc) is 2.83. The lowest BCUT2D eigenvalue weighted by Crippen LogP contribution is -2.09. The number of fused-ring (bicyclic) bond motifs is 1. The van der Waals surface area contributed by atoms with Crippen molar-refractivity contribution in [1.29, 1.82) is 0 Å². The first kappa shape index (κ1) is 13.9. The zero-order valence-corrected chi connectivity index (χ0v) is 11.5. The van der Waals surface area contributed by atoms with E-state index >= 15 is 0 Å². The van der Waals surface area contributed by atoms with Crippen LogP contribution >= 0.6 is 0 Å². The van der Waals surface area contributed by atoms with Gasteiger partial charge in [0.15, 0.2) is 12.4 Å². The van der Waals surface area contributed by atoms with Gasteiger partial charge in [-0.05, 0) is 35.9 Å². The topological polar surface area (TPSA) is 72.8 Å². The van der Waals surface area contributed by atoms with Gasteiger partial charge in [0.1, 0.15) is 11.5 Å². The van der Waals surface area contributed by atoms with Gasteiger partial charge < -0.3 is 14.6 Å². The van der Waals surface area contributed by atoms with Gasteiger partial charge in [0.2, 0.25) is 5.78 Å². The second-order valence-corrected chi connectivity index (χ2v) is 4.69. The number of carboxylic acid groups (broad SMARTS) is 1. The van der Waals surface area contributed by atoms with Crippen molar-refractivity contribution in [2.45, 2.75) is 0 Å². The van der Waals surface area contributed by atoms with Gasteiger partial charge in [0.05, 0.1) is 5.56 Å². The van der Waals surface area contributed by atoms with Gasteiger partial charge in [0, 0.05) is 0 Å². The molecule has 0 spiro atoms. The molecule has 0 atom stereocenters. The van der Waals surface area contributed by atoms with Crippen molar-refractivity contribution in [3.8, 4) is 11.5 Å². The number of hydrogen-bond acceptors (Lipinski definition) is 4. The molecule has 3 rings (SSSR count). The molecular weight excluding hydrogens is 284 g/mol. The smallest absolute Gasteiger partial charge is 0.341 e. The second kappa shape index (κ2) is 5.73. The van der Waals surface area contributed by atoms with Crippen LogP contribution in [0.25, 0.3) is 6.08 Å². The number of carbonyl (C=O) groups is 2. The summed E-state index contributed by atoms with van der Waals surface area (Å²) < 4.78 is 10.6. The van der Waals surface area contributed by atoms with Crippen LogP contribution in [0.4, 0.5) is 0 Å². The predicted octanol–water partition coefficient (Wildman–Crippen LogP) is 2.77. The summed E-state index contributed by atoms with van der Waals surface area (Å²) >= 11 is 0. The lowest BCUT2D eigenvalue weighted by Gasteiger charge is -2.03. The first-order valence-electron chi connectivity index (χ1n) is 6.61. The summed E-state index contributed by atoms with van der Waals surface area (Å²) in [5, 5.41) is 8.55. The van der Waals surface area contributed by atoms with Gasteiger partial charge in [-0.2, -0.15) is 0 Å². The summed E-state index contributed by atoms with van der Waals surface area (Å²) in [6, 6.07) is 13.8. The zero-order chi connectivity index (χ0) is 15.5. The summed E-state index contributed by atoms with van der Waals surface area (Å²) in [6.07, 6.45) is 1.64. The number of carbonyl (C=O) groups excluding carboxylic acids is 1. The van der Waals surface area contributed by atoms with Crippen LogP contribution < -0.4 is 9.47 Å². The summed E-state index contributed by atoms with van der Waals surface area (Å²) in [5.74, 6) is 0.0859. The number of allylic oxidation sites excluding steroid dienone is 1. The number of aliphatic carboxylic acids is 1. The van der Waals surface area contributed by atoms with E-state index in [0.717, 1.165) is 5.56 Å². The Morgan fingerprint density at radius 2 is 1.86 bits per heavy atom. The van der Waals surface area contributed by atoms with E-state index < -0.39 is 12.6 Å². The number of ether oxygens (including phenoxy) is 2. The lowest BCUT2D eigenvalue weighted by molar-refractivity contribution is -0.139. The largest absolute Gasteiger partial charge is 0.482 e. The van der Waals surface area contributed by atoms with Gasteiger partial charge in [-0.25, -0.2) is 4.79 Å². The number of carboxylic acids is 1. The van der Waals surface area contributed by atoms with Crippen LogP contribution in [0.3, 0.4) is 0 Å². The van der Waals surface area contributed by atoms with Crippen molar-refractivity contribution >= 4 is 17.8 Å². The molecular formula is C17H12O5. The number of Topliss-reactive ketones (excluding diaryl/α,β-unsaturated/α-hetero) is 1. The quantitative estimate of drug-likeness (QED) is 0.878. The Morgan fingerprint density at radius 3 is 2.55 bits per heavy atom. The Kier molecular flexibility index (Phi) is 3.62. The first-order chi connectivity index (χ1) is 10.6. The maximum atomic E-state index is 12.2. The maximum Gasteiger partial charge on any atom is 0.341 e. The van der Waals surface area contributed by atoms with Crippen LogP contribution in [0.15, 0.2) is 54.3 Å². The van der Waals surface area contributed by atoms with Crippen molar-refractivity contribution in [3.05, 3.63) is 65.4 Å². The van der Waals surface area contributed by atoms with Crippen LogP contribution in [0.5, 0.6) is 11.5 Å². The van der Waals surface area contributed by atoms with E-state index in [0.29, 0.717) is 17.1 Å². The molecule has 5 heteroatoms. The second-order valence-electron chi connectivity index (χ2n) is 4.69. The van der Waals surface area contributed by atoms with Crippen molar-refractivity contribution in [2.75, 3.05) is 6.61 Å². The van der Waals surface area contributed by atoms with Crippen molar-refractivity contribution < 1.29 is 24.2 Å². The van der Waals surface area contributed by atoms with E-state index in [9.17, 15) is 9.59 Å². The van der Waals surface area contributed by atoms with E-state index in [1.165, 1.54) is 0 Å². The highest BCUT2D eigenvalue weighted by atomic mass is 16.5. The van der Waals surface area contributed by atoms with Crippen LogP contribution in [-0.2, 0) is 4.79 Å². The standard InChI is InChI=1S/C17H12O5/c18-16(19)10-21-12-7-5-11(6-8-12)9-15-17(20)13-3-1-2-4-14(13)22-15/h1-9H,10H2,(H,18,19)/b15-9+. The van der Waals surface area contributed by atoms with E-state index in [-0.39, 0.29) is 11.5 Å². The van der Waals surface area contributed by atoms with E-state index in [1.54, 1.807) is 48.5 Å². The molecule has 0 aromatic heterocycles. The average molecular weight is 296 g/mol. The fourth-order valence-electron chi connectivity index (χ4n) is 2.09. The molecule has 0 radical (unpaired) electrons. The molecule has 0 fully saturated rings. The molecule has 0 saturated carbocycles. The highest BCUT2D eigenvalue weighted by Gasteiger charge is 2.26. The minimum absolute atomic E-state index is 0.151. The number of para-hydroxylation sites is 1. The van der Waals surface area contributed by atoms with Crippen LogP contribution in [0, 0.1) is 0 Å². The van der Waals surface area contributed by atoms with Gasteiger partial charge in [-0.15, -0.1) is 0 Å². The third kappa shape index (κ3) is 2.83. The van der Waals surface area contributed by atoms with E-state index in [2.05, 4.69) is 0 Å². The molecule has 1 aliphatic heterocycles. The van der Waals surface area contributed by atoms with Crippen LogP contribution in [0.2, 0.25) is 0 Å². The van der Waals surface area contributed by atoms with Gasteiger partial charge in [-0.1, -0.05) is 24.3 Å². The summed E-state index contributed by atoms with van der Waals surface area (Å²) in [4.78, 5) is 22.6.